The number of hydrogen-bond donors (Lipinski definition) is 2. The zero-order valence-electron chi connectivity index (χ0n) is 10.8. The smallest absolute Gasteiger partial charge is 0.322 e. The molecule has 0 spiro atoms. The molecule has 1 fully saturated rings. The fraction of sp³-hybridized carbons (Fsp3) is 0.417. The van der Waals surface area contributed by atoms with Gasteiger partial charge in [-0.05, 0) is 19.1 Å². The average molecular weight is 264 g/mol. The second-order valence-corrected chi connectivity index (χ2v) is 4.43. The van der Waals surface area contributed by atoms with Crippen molar-refractivity contribution in [2.75, 3.05) is 18.4 Å². The van der Waals surface area contributed by atoms with Gasteiger partial charge in [0, 0.05) is 26.3 Å². The number of aryl methyl sites for hydroxylation is 1. The van der Waals surface area contributed by atoms with Crippen molar-refractivity contribution < 1.29 is 9.59 Å². The summed E-state index contributed by atoms with van der Waals surface area (Å²) in [4.78, 5) is 36.7. The van der Waals surface area contributed by atoms with Gasteiger partial charge < -0.3 is 20.1 Å². The van der Waals surface area contributed by atoms with Crippen LogP contribution < -0.4 is 16.2 Å². The first-order chi connectivity index (χ1) is 9.00. The van der Waals surface area contributed by atoms with Gasteiger partial charge in [0.15, 0.2) is 0 Å². The van der Waals surface area contributed by atoms with Crippen molar-refractivity contribution in [2.45, 2.75) is 13.0 Å². The predicted molar refractivity (Wildman–Crippen MR) is 69.9 cm³/mol. The number of aromatic nitrogens is 1. The molecule has 2 rings (SSSR count). The fourth-order valence-electron chi connectivity index (χ4n) is 1.94. The molecule has 0 radical (unpaired) electrons. The molecule has 0 saturated carbocycles. The summed E-state index contributed by atoms with van der Waals surface area (Å²) in [6.07, 6.45) is 1.61. The van der Waals surface area contributed by atoms with Crippen LogP contribution in [0.5, 0.6) is 0 Å². The molecule has 1 aliphatic heterocycles. The number of pyridine rings is 1. The third-order valence-electron chi connectivity index (χ3n) is 3.12. The Morgan fingerprint density at radius 3 is 2.95 bits per heavy atom. The molecule has 1 atom stereocenters. The molecule has 1 aromatic rings. The first-order valence-corrected chi connectivity index (χ1v) is 6.01. The third kappa shape index (κ3) is 2.59. The number of rotatable bonds is 1. The molecule has 1 unspecified atom stereocenters. The Kier molecular flexibility index (Phi) is 3.55. The quantitative estimate of drug-likeness (QED) is 0.733. The number of amides is 3. The summed E-state index contributed by atoms with van der Waals surface area (Å²) < 4.78 is 1.38. The van der Waals surface area contributed by atoms with E-state index < -0.39 is 12.1 Å². The number of anilines is 1. The van der Waals surface area contributed by atoms with Gasteiger partial charge in [0.05, 0.1) is 0 Å². The number of hydrogen-bond acceptors (Lipinski definition) is 3. The highest BCUT2D eigenvalue weighted by Gasteiger charge is 2.29. The van der Waals surface area contributed by atoms with Gasteiger partial charge in [-0.2, -0.15) is 0 Å². The molecule has 1 saturated heterocycles. The Morgan fingerprint density at radius 1 is 1.47 bits per heavy atom. The van der Waals surface area contributed by atoms with E-state index in [4.69, 9.17) is 0 Å². The number of carbonyl (C=O) groups excluding carboxylic acids is 2. The van der Waals surface area contributed by atoms with Gasteiger partial charge in [0.25, 0.3) is 5.56 Å². The lowest BCUT2D eigenvalue weighted by atomic mass is 10.2. The van der Waals surface area contributed by atoms with Crippen molar-refractivity contribution in [3.63, 3.8) is 0 Å². The third-order valence-corrected chi connectivity index (χ3v) is 3.12. The summed E-state index contributed by atoms with van der Waals surface area (Å²) >= 11 is 0. The number of carbonyl (C=O) groups is 2. The fourth-order valence-corrected chi connectivity index (χ4v) is 1.94. The van der Waals surface area contributed by atoms with Crippen LogP contribution in [0.25, 0.3) is 0 Å². The molecule has 7 nitrogen and oxygen atoms in total. The Morgan fingerprint density at radius 2 is 2.21 bits per heavy atom. The van der Waals surface area contributed by atoms with Crippen molar-refractivity contribution in [1.29, 1.82) is 0 Å². The lowest BCUT2D eigenvalue weighted by molar-refractivity contribution is -0.126. The van der Waals surface area contributed by atoms with Gasteiger partial charge in [0.2, 0.25) is 5.91 Å². The largest absolute Gasteiger partial charge is 0.353 e. The Balaban J connectivity index is 2.15. The minimum atomic E-state index is -0.540. The summed E-state index contributed by atoms with van der Waals surface area (Å²) in [5, 5.41) is 5.22. The highest BCUT2D eigenvalue weighted by molar-refractivity contribution is 5.94. The van der Waals surface area contributed by atoms with E-state index in [1.54, 1.807) is 26.2 Å². The average Bonchev–Trinajstić information content (AvgIpc) is 2.38. The first-order valence-electron chi connectivity index (χ1n) is 6.01. The van der Waals surface area contributed by atoms with Gasteiger partial charge in [-0.3, -0.25) is 9.59 Å². The van der Waals surface area contributed by atoms with Crippen LogP contribution in [-0.2, 0) is 11.8 Å². The number of urea groups is 1. The topological polar surface area (TPSA) is 83.4 Å². The number of piperazine rings is 1. The maximum absolute atomic E-state index is 12.1. The van der Waals surface area contributed by atoms with Crippen molar-refractivity contribution >= 4 is 17.6 Å². The van der Waals surface area contributed by atoms with Crippen LogP contribution >= 0.6 is 0 Å². The molecule has 2 heterocycles. The summed E-state index contributed by atoms with van der Waals surface area (Å²) in [5.41, 5.74) is -0.0851. The van der Waals surface area contributed by atoms with E-state index in [1.807, 2.05) is 0 Å². The van der Waals surface area contributed by atoms with Crippen LogP contribution in [0.2, 0.25) is 0 Å². The molecule has 1 aromatic heterocycles. The van der Waals surface area contributed by atoms with Gasteiger partial charge in [-0.25, -0.2) is 4.79 Å². The van der Waals surface area contributed by atoms with Crippen LogP contribution in [-0.4, -0.2) is 40.5 Å². The first kappa shape index (κ1) is 13.1. The van der Waals surface area contributed by atoms with Gasteiger partial charge in [0.1, 0.15) is 11.7 Å². The maximum atomic E-state index is 12.1. The molecule has 0 aromatic carbocycles. The molecule has 1 aliphatic rings. The maximum Gasteiger partial charge on any atom is 0.322 e. The summed E-state index contributed by atoms with van der Waals surface area (Å²) in [6.45, 7) is 2.49. The molecule has 3 amide bonds. The van der Waals surface area contributed by atoms with E-state index in [9.17, 15) is 14.4 Å². The Hall–Kier alpha value is -2.31. The van der Waals surface area contributed by atoms with Crippen LogP contribution in [0, 0.1) is 0 Å². The molecule has 0 bridgehead atoms. The van der Waals surface area contributed by atoms with E-state index in [1.165, 1.54) is 15.5 Å². The number of nitrogens with zero attached hydrogens (tertiary/aromatic N) is 2. The van der Waals surface area contributed by atoms with E-state index in [0.717, 1.165) is 0 Å². The number of nitrogens with one attached hydrogen (secondary N) is 2. The zero-order valence-corrected chi connectivity index (χ0v) is 10.8. The highest BCUT2D eigenvalue weighted by Crippen LogP contribution is 2.07. The van der Waals surface area contributed by atoms with Crippen LogP contribution in [0.3, 0.4) is 0 Å². The molecule has 2 N–H and O–H groups in total. The van der Waals surface area contributed by atoms with Gasteiger partial charge in [-0.15, -0.1) is 0 Å². The van der Waals surface area contributed by atoms with Crippen molar-refractivity contribution in [3.05, 3.63) is 28.7 Å². The van der Waals surface area contributed by atoms with Crippen molar-refractivity contribution in [3.8, 4) is 0 Å². The van der Waals surface area contributed by atoms with E-state index in [-0.39, 0.29) is 17.2 Å². The van der Waals surface area contributed by atoms with E-state index in [2.05, 4.69) is 10.6 Å². The molecule has 102 valence electrons. The zero-order chi connectivity index (χ0) is 14.0. The van der Waals surface area contributed by atoms with Crippen LogP contribution in [0.15, 0.2) is 23.1 Å². The molecule has 0 aliphatic carbocycles. The standard InChI is InChI=1S/C12H16N4O3/c1-8-10(17)13-5-7-16(8)12(19)14-9-4-3-6-15(2)11(9)18/h3-4,6,8H,5,7H2,1-2H3,(H,13,17)(H,14,19). The van der Waals surface area contributed by atoms with Crippen molar-refractivity contribution in [2.24, 2.45) is 7.05 Å². The van der Waals surface area contributed by atoms with E-state index in [0.29, 0.717) is 13.1 Å². The molecule has 7 heteroatoms. The Bertz CT molecular complexity index is 566. The van der Waals surface area contributed by atoms with Crippen LogP contribution in [0.4, 0.5) is 10.5 Å². The summed E-state index contributed by atoms with van der Waals surface area (Å²) in [7, 11) is 1.61. The van der Waals surface area contributed by atoms with Gasteiger partial charge in [-0.1, -0.05) is 0 Å². The van der Waals surface area contributed by atoms with E-state index >= 15 is 0 Å². The van der Waals surface area contributed by atoms with Crippen molar-refractivity contribution in [1.82, 2.24) is 14.8 Å². The summed E-state index contributed by atoms with van der Waals surface area (Å²) in [6, 6.07) is 2.23. The highest BCUT2D eigenvalue weighted by atomic mass is 16.2. The predicted octanol–water partition coefficient (Wildman–Crippen LogP) is -0.262. The monoisotopic (exact) mass is 264 g/mol. The lowest BCUT2D eigenvalue weighted by Gasteiger charge is -2.32. The minimum Gasteiger partial charge on any atom is -0.353 e. The summed E-state index contributed by atoms with van der Waals surface area (Å²) in [5.74, 6) is -0.192. The second kappa shape index (κ2) is 5.13. The second-order valence-electron chi connectivity index (χ2n) is 4.43. The molecular formula is C12H16N4O3. The Labute approximate surface area is 110 Å². The molecule has 19 heavy (non-hydrogen) atoms. The SMILES string of the molecule is CC1C(=O)NCCN1C(=O)Nc1cccn(C)c1=O. The van der Waals surface area contributed by atoms with Gasteiger partial charge >= 0.3 is 6.03 Å². The molecular weight excluding hydrogens is 248 g/mol. The minimum absolute atomic E-state index is 0.192. The van der Waals surface area contributed by atoms with Crippen LogP contribution in [0.1, 0.15) is 6.92 Å². The normalized spacial score (nSPS) is 18.9. The lowest BCUT2D eigenvalue weighted by Crippen LogP contribution is -2.57.